The second-order valence-electron chi connectivity index (χ2n) is 3.60. The monoisotopic (exact) mass is 289 g/mol. The van der Waals surface area contributed by atoms with E-state index in [4.69, 9.17) is 15.6 Å². The first kappa shape index (κ1) is 14.9. The van der Waals surface area contributed by atoms with Gasteiger partial charge in [0.2, 0.25) is 10.0 Å². The van der Waals surface area contributed by atoms with Crippen LogP contribution in [0.4, 0.5) is 5.69 Å². The van der Waals surface area contributed by atoms with E-state index in [9.17, 15) is 23.3 Å². The van der Waals surface area contributed by atoms with Crippen LogP contribution in [0.15, 0.2) is 23.1 Å². The number of benzene rings is 1. The first-order chi connectivity index (χ1) is 8.62. The lowest BCUT2D eigenvalue weighted by molar-refractivity contribution is -0.385. The van der Waals surface area contributed by atoms with Crippen LogP contribution in [-0.2, 0) is 14.8 Å². The Morgan fingerprint density at radius 1 is 1.47 bits per heavy atom. The number of hydrogen-bond donors (Lipinski definition) is 2. The third kappa shape index (κ3) is 3.63. The summed E-state index contributed by atoms with van der Waals surface area (Å²) in [5.41, 5.74) is 4.50. The topological polar surface area (TPSA) is 156 Å². The van der Waals surface area contributed by atoms with E-state index >= 15 is 0 Å². The number of sulfonamides is 1. The van der Waals surface area contributed by atoms with Crippen molar-refractivity contribution in [3.8, 4) is 5.75 Å². The fraction of sp³-hybridized carbons (Fsp3) is 0.222. The smallest absolute Gasteiger partial charge is 0.271 e. The average Bonchev–Trinajstić information content (AvgIpc) is 2.27. The van der Waals surface area contributed by atoms with Crippen molar-refractivity contribution in [1.82, 2.24) is 0 Å². The van der Waals surface area contributed by atoms with Crippen LogP contribution < -0.4 is 15.6 Å². The number of primary sulfonamides is 1. The number of carbonyl (C=O) groups excluding carboxylic acids is 1. The van der Waals surface area contributed by atoms with Gasteiger partial charge in [0, 0.05) is 12.1 Å². The van der Waals surface area contributed by atoms with Crippen molar-refractivity contribution in [3.05, 3.63) is 28.3 Å². The number of non-ortho nitro benzene ring substituents is 1. The lowest BCUT2D eigenvalue weighted by atomic mass is 10.3. The fourth-order valence-corrected chi connectivity index (χ4v) is 1.86. The number of nitrogens with two attached hydrogens (primary N) is 2. The fourth-order valence-electron chi connectivity index (χ4n) is 1.18. The van der Waals surface area contributed by atoms with E-state index in [-0.39, 0.29) is 5.75 Å². The van der Waals surface area contributed by atoms with Crippen molar-refractivity contribution in [2.24, 2.45) is 10.9 Å². The molecule has 1 aromatic rings. The van der Waals surface area contributed by atoms with Crippen molar-refractivity contribution in [2.75, 3.05) is 0 Å². The SMILES string of the molecule is CC(Oc1ccc([N+](=O)[O-])cc1S(N)(=O)=O)C(N)=O. The van der Waals surface area contributed by atoms with Gasteiger partial charge in [-0.25, -0.2) is 13.6 Å². The van der Waals surface area contributed by atoms with Gasteiger partial charge in [-0.3, -0.25) is 14.9 Å². The molecule has 1 rings (SSSR count). The predicted molar refractivity (Wildman–Crippen MR) is 63.8 cm³/mol. The van der Waals surface area contributed by atoms with E-state index in [0.717, 1.165) is 18.2 Å². The summed E-state index contributed by atoms with van der Waals surface area (Å²) in [5.74, 6) is -1.10. The van der Waals surface area contributed by atoms with E-state index < -0.39 is 37.5 Å². The molecule has 0 saturated carbocycles. The van der Waals surface area contributed by atoms with E-state index in [1.54, 1.807) is 0 Å². The number of ether oxygens (including phenoxy) is 1. The van der Waals surface area contributed by atoms with E-state index in [1.165, 1.54) is 6.92 Å². The number of primary amides is 1. The van der Waals surface area contributed by atoms with Crippen LogP contribution in [0.5, 0.6) is 5.75 Å². The van der Waals surface area contributed by atoms with Gasteiger partial charge in [0.1, 0.15) is 10.6 Å². The normalized spacial score (nSPS) is 12.7. The standard InChI is InChI=1S/C9H11N3O6S/c1-5(9(10)13)18-7-3-2-6(12(14)15)4-8(7)19(11,16)17/h2-5H,1H3,(H2,10,13)(H2,11,16,17). The highest BCUT2D eigenvalue weighted by atomic mass is 32.2. The van der Waals surface area contributed by atoms with Crippen LogP contribution in [0.2, 0.25) is 0 Å². The number of nitro groups is 1. The third-order valence-corrected chi connectivity index (χ3v) is 3.08. The number of rotatable bonds is 5. The maximum atomic E-state index is 11.3. The van der Waals surface area contributed by atoms with E-state index in [2.05, 4.69) is 0 Å². The van der Waals surface area contributed by atoms with Gasteiger partial charge < -0.3 is 10.5 Å². The quantitative estimate of drug-likeness (QED) is 0.549. The molecule has 0 aliphatic rings. The molecule has 19 heavy (non-hydrogen) atoms. The summed E-state index contributed by atoms with van der Waals surface area (Å²) in [7, 11) is -4.24. The highest BCUT2D eigenvalue weighted by Gasteiger charge is 2.22. The van der Waals surface area contributed by atoms with Crippen LogP contribution in [-0.4, -0.2) is 25.4 Å². The van der Waals surface area contributed by atoms with Gasteiger partial charge in [0.05, 0.1) is 4.92 Å². The minimum absolute atomic E-state index is 0.278. The van der Waals surface area contributed by atoms with Crippen LogP contribution in [0, 0.1) is 10.1 Å². The van der Waals surface area contributed by atoms with Gasteiger partial charge in [0.25, 0.3) is 11.6 Å². The molecule has 0 bridgehead atoms. The van der Waals surface area contributed by atoms with Gasteiger partial charge >= 0.3 is 0 Å². The molecular weight excluding hydrogens is 278 g/mol. The molecule has 0 saturated heterocycles. The Balaban J connectivity index is 3.32. The largest absolute Gasteiger partial charge is 0.479 e. The van der Waals surface area contributed by atoms with Crippen LogP contribution >= 0.6 is 0 Å². The van der Waals surface area contributed by atoms with Crippen LogP contribution in [0.25, 0.3) is 0 Å². The molecular formula is C9H11N3O6S. The zero-order valence-electron chi connectivity index (χ0n) is 9.77. The maximum Gasteiger partial charge on any atom is 0.271 e. The molecule has 0 aromatic heterocycles. The summed E-state index contributed by atoms with van der Waals surface area (Å²) in [4.78, 5) is 20.1. The summed E-state index contributed by atoms with van der Waals surface area (Å²) < 4.78 is 27.7. The Bertz CT molecular complexity index is 627. The van der Waals surface area contributed by atoms with Gasteiger partial charge in [0.15, 0.2) is 6.10 Å². The lowest BCUT2D eigenvalue weighted by Crippen LogP contribution is -2.31. The van der Waals surface area contributed by atoms with E-state index in [1.807, 2.05) is 0 Å². The minimum Gasteiger partial charge on any atom is -0.479 e. The number of hydrogen-bond acceptors (Lipinski definition) is 6. The van der Waals surface area contributed by atoms with Gasteiger partial charge in [-0.15, -0.1) is 0 Å². The van der Waals surface area contributed by atoms with Crippen molar-refractivity contribution < 1.29 is 22.9 Å². The molecule has 1 unspecified atom stereocenters. The van der Waals surface area contributed by atoms with Crippen molar-refractivity contribution >= 4 is 21.6 Å². The van der Waals surface area contributed by atoms with Crippen LogP contribution in [0.1, 0.15) is 6.92 Å². The Morgan fingerprint density at radius 2 is 2.05 bits per heavy atom. The Kier molecular flexibility index (Phi) is 4.07. The van der Waals surface area contributed by atoms with Gasteiger partial charge in [-0.1, -0.05) is 0 Å². The van der Waals surface area contributed by atoms with E-state index in [0.29, 0.717) is 0 Å². The second-order valence-corrected chi connectivity index (χ2v) is 5.13. The third-order valence-electron chi connectivity index (χ3n) is 2.15. The summed E-state index contributed by atoms with van der Waals surface area (Å²) >= 11 is 0. The number of carbonyl (C=O) groups is 1. The first-order valence-electron chi connectivity index (χ1n) is 4.90. The summed E-state index contributed by atoms with van der Waals surface area (Å²) in [6, 6.07) is 2.81. The lowest BCUT2D eigenvalue weighted by Gasteiger charge is -2.13. The molecule has 0 radical (unpaired) electrons. The molecule has 0 heterocycles. The van der Waals surface area contributed by atoms with Gasteiger partial charge in [-0.05, 0) is 13.0 Å². The molecule has 4 N–H and O–H groups in total. The molecule has 1 amide bonds. The molecule has 0 spiro atoms. The van der Waals surface area contributed by atoms with Crippen molar-refractivity contribution in [1.29, 1.82) is 0 Å². The number of amides is 1. The zero-order chi connectivity index (χ0) is 14.8. The summed E-state index contributed by atoms with van der Waals surface area (Å²) in [5, 5.41) is 15.5. The maximum absolute atomic E-state index is 11.3. The Hall–Kier alpha value is -2.20. The average molecular weight is 289 g/mol. The predicted octanol–water partition coefficient (Wildman–Crippen LogP) is -0.505. The number of nitrogens with zero attached hydrogens (tertiary/aromatic N) is 1. The molecule has 9 nitrogen and oxygen atoms in total. The molecule has 1 atom stereocenters. The van der Waals surface area contributed by atoms with Crippen molar-refractivity contribution in [3.63, 3.8) is 0 Å². The van der Waals surface area contributed by atoms with Crippen LogP contribution in [0.3, 0.4) is 0 Å². The summed E-state index contributed by atoms with van der Waals surface area (Å²) in [6.07, 6.45) is -1.11. The first-order valence-corrected chi connectivity index (χ1v) is 6.44. The molecule has 1 aromatic carbocycles. The molecule has 0 aliphatic carbocycles. The minimum atomic E-state index is -4.24. The highest BCUT2D eigenvalue weighted by molar-refractivity contribution is 7.89. The Labute approximate surface area is 108 Å². The Morgan fingerprint density at radius 3 is 2.47 bits per heavy atom. The highest BCUT2D eigenvalue weighted by Crippen LogP contribution is 2.28. The zero-order valence-corrected chi connectivity index (χ0v) is 10.6. The molecule has 104 valence electrons. The molecule has 0 aliphatic heterocycles. The molecule has 0 fully saturated rings. The number of nitro benzene ring substituents is 1. The second kappa shape index (κ2) is 5.20. The van der Waals surface area contributed by atoms with Crippen molar-refractivity contribution in [2.45, 2.75) is 17.9 Å². The molecule has 10 heteroatoms. The van der Waals surface area contributed by atoms with Gasteiger partial charge in [-0.2, -0.15) is 0 Å². The summed E-state index contributed by atoms with van der Waals surface area (Å²) in [6.45, 7) is 1.30.